The predicted octanol–water partition coefficient (Wildman–Crippen LogP) is 4.41. The van der Waals surface area contributed by atoms with Crippen molar-refractivity contribution in [1.29, 1.82) is 0 Å². The lowest BCUT2D eigenvalue weighted by molar-refractivity contribution is -0.121. The number of piperidine rings is 1. The lowest BCUT2D eigenvalue weighted by Crippen LogP contribution is -2.43. The molecule has 2 amide bonds. The van der Waals surface area contributed by atoms with Crippen molar-refractivity contribution in [1.82, 2.24) is 4.90 Å². The van der Waals surface area contributed by atoms with E-state index >= 15 is 0 Å². The highest BCUT2D eigenvalue weighted by Gasteiger charge is 2.29. The summed E-state index contributed by atoms with van der Waals surface area (Å²) in [5, 5.41) is 3.06. The molecule has 0 aromatic heterocycles. The molecule has 0 spiro atoms. The number of aryl methyl sites for hydroxylation is 3. The molecule has 0 unspecified atom stereocenters. The maximum Gasteiger partial charge on any atom is 0.253 e. The highest BCUT2D eigenvalue weighted by atomic mass is 16.2. The van der Waals surface area contributed by atoms with Crippen LogP contribution >= 0.6 is 0 Å². The summed E-state index contributed by atoms with van der Waals surface area (Å²) >= 11 is 0. The van der Waals surface area contributed by atoms with E-state index in [1.807, 2.05) is 62.9 Å². The van der Waals surface area contributed by atoms with Crippen LogP contribution in [0.2, 0.25) is 0 Å². The van der Waals surface area contributed by atoms with Gasteiger partial charge in [0.1, 0.15) is 0 Å². The molecule has 1 N–H and O–H groups in total. The maximum atomic E-state index is 12.9. The van der Waals surface area contributed by atoms with Gasteiger partial charge in [-0.3, -0.25) is 9.59 Å². The number of amides is 2. The van der Waals surface area contributed by atoms with Crippen molar-refractivity contribution >= 4 is 17.5 Å². The molecule has 1 saturated heterocycles. The van der Waals surface area contributed by atoms with Crippen LogP contribution in [0.3, 0.4) is 0 Å². The van der Waals surface area contributed by atoms with Crippen molar-refractivity contribution in [2.75, 3.05) is 18.4 Å². The third-order valence-electron chi connectivity index (χ3n) is 5.41. The molecule has 2 aromatic rings. The Balaban J connectivity index is 1.70. The van der Waals surface area contributed by atoms with Crippen molar-refractivity contribution < 1.29 is 9.59 Å². The van der Waals surface area contributed by atoms with Gasteiger partial charge >= 0.3 is 0 Å². The number of carbonyl (C=O) groups excluding carboxylic acids is 2. The van der Waals surface area contributed by atoms with Crippen LogP contribution in [0.4, 0.5) is 5.69 Å². The Morgan fingerprint density at radius 3 is 2.44 bits per heavy atom. The van der Waals surface area contributed by atoms with E-state index in [9.17, 15) is 9.59 Å². The molecule has 0 radical (unpaired) electrons. The maximum absolute atomic E-state index is 12.9. The van der Waals surface area contributed by atoms with Crippen LogP contribution in [-0.2, 0) is 4.79 Å². The van der Waals surface area contributed by atoms with Gasteiger partial charge in [-0.15, -0.1) is 0 Å². The fraction of sp³-hybridized carbons (Fsp3) is 0.391. The van der Waals surface area contributed by atoms with Gasteiger partial charge in [0, 0.05) is 24.3 Å². The first-order valence-corrected chi connectivity index (χ1v) is 9.60. The zero-order valence-corrected chi connectivity index (χ0v) is 16.6. The van der Waals surface area contributed by atoms with Crippen LogP contribution < -0.4 is 5.32 Å². The molecule has 4 nitrogen and oxygen atoms in total. The first-order valence-electron chi connectivity index (χ1n) is 9.60. The summed E-state index contributed by atoms with van der Waals surface area (Å²) < 4.78 is 0. The Morgan fingerprint density at radius 2 is 1.74 bits per heavy atom. The highest BCUT2D eigenvalue weighted by Crippen LogP contribution is 2.23. The van der Waals surface area contributed by atoms with Crippen LogP contribution in [0.15, 0.2) is 36.4 Å². The molecule has 1 atom stereocenters. The zero-order valence-electron chi connectivity index (χ0n) is 16.6. The van der Waals surface area contributed by atoms with Gasteiger partial charge in [0.15, 0.2) is 0 Å². The SMILES string of the molecule is Cc1cc(C)cc(C(=O)N2CCC[C@@H](C(=O)Nc3cccc(C)c3C)C2)c1. The van der Waals surface area contributed by atoms with Crippen molar-refractivity contribution in [3.8, 4) is 0 Å². The molecule has 3 rings (SSSR count). The van der Waals surface area contributed by atoms with Crippen molar-refractivity contribution in [3.63, 3.8) is 0 Å². The van der Waals surface area contributed by atoms with E-state index in [0.29, 0.717) is 18.7 Å². The minimum Gasteiger partial charge on any atom is -0.338 e. The van der Waals surface area contributed by atoms with E-state index < -0.39 is 0 Å². The molecule has 142 valence electrons. The van der Waals surface area contributed by atoms with E-state index in [1.165, 1.54) is 0 Å². The van der Waals surface area contributed by atoms with Crippen LogP contribution in [-0.4, -0.2) is 29.8 Å². The van der Waals surface area contributed by atoms with Gasteiger partial charge in [-0.2, -0.15) is 0 Å². The van der Waals surface area contributed by atoms with Crippen LogP contribution in [0.5, 0.6) is 0 Å². The number of likely N-dealkylation sites (tertiary alicyclic amines) is 1. The van der Waals surface area contributed by atoms with Gasteiger partial charge in [0.2, 0.25) is 5.91 Å². The Labute approximate surface area is 161 Å². The molecule has 4 heteroatoms. The van der Waals surface area contributed by atoms with Gasteiger partial charge in [0.25, 0.3) is 5.91 Å². The molecule has 0 aliphatic carbocycles. The average molecular weight is 364 g/mol. The largest absolute Gasteiger partial charge is 0.338 e. The average Bonchev–Trinajstić information content (AvgIpc) is 2.64. The highest BCUT2D eigenvalue weighted by molar-refractivity contribution is 5.96. The summed E-state index contributed by atoms with van der Waals surface area (Å²) in [6.07, 6.45) is 1.66. The van der Waals surface area contributed by atoms with E-state index in [0.717, 1.165) is 40.8 Å². The topological polar surface area (TPSA) is 49.4 Å². The van der Waals surface area contributed by atoms with Gasteiger partial charge in [-0.1, -0.05) is 29.3 Å². The number of hydrogen-bond acceptors (Lipinski definition) is 2. The summed E-state index contributed by atoms with van der Waals surface area (Å²) in [7, 11) is 0. The Morgan fingerprint density at radius 1 is 1.04 bits per heavy atom. The Bertz CT molecular complexity index is 852. The molecule has 2 aromatic carbocycles. The number of carbonyl (C=O) groups is 2. The molecule has 1 aliphatic heterocycles. The molecule has 0 saturated carbocycles. The van der Waals surface area contributed by atoms with Gasteiger partial charge in [0.05, 0.1) is 5.92 Å². The van der Waals surface area contributed by atoms with Crippen molar-refractivity contribution in [2.24, 2.45) is 5.92 Å². The normalized spacial score (nSPS) is 16.9. The monoisotopic (exact) mass is 364 g/mol. The number of benzene rings is 2. The summed E-state index contributed by atoms with van der Waals surface area (Å²) in [6.45, 7) is 9.24. The number of nitrogens with zero attached hydrogens (tertiary/aromatic N) is 1. The third kappa shape index (κ3) is 4.38. The fourth-order valence-corrected chi connectivity index (χ4v) is 3.78. The second kappa shape index (κ2) is 7.95. The minimum absolute atomic E-state index is 0.00150. The second-order valence-corrected chi connectivity index (χ2v) is 7.70. The molecule has 27 heavy (non-hydrogen) atoms. The summed E-state index contributed by atoms with van der Waals surface area (Å²) in [6, 6.07) is 11.8. The van der Waals surface area contributed by atoms with E-state index in [2.05, 4.69) is 11.4 Å². The number of hydrogen-bond donors (Lipinski definition) is 1. The predicted molar refractivity (Wildman–Crippen MR) is 109 cm³/mol. The summed E-state index contributed by atoms with van der Waals surface area (Å²) in [5.41, 5.74) is 5.98. The molecular formula is C23H28N2O2. The smallest absolute Gasteiger partial charge is 0.253 e. The lowest BCUT2D eigenvalue weighted by atomic mass is 9.95. The van der Waals surface area contributed by atoms with Gasteiger partial charge < -0.3 is 10.2 Å². The molecule has 1 fully saturated rings. The number of anilines is 1. The second-order valence-electron chi connectivity index (χ2n) is 7.70. The Kier molecular flexibility index (Phi) is 5.64. The van der Waals surface area contributed by atoms with E-state index in [1.54, 1.807) is 0 Å². The third-order valence-corrected chi connectivity index (χ3v) is 5.41. The first kappa shape index (κ1) is 19.2. The van der Waals surface area contributed by atoms with E-state index in [-0.39, 0.29) is 17.7 Å². The summed E-state index contributed by atoms with van der Waals surface area (Å²) in [5.74, 6) is -0.152. The zero-order chi connectivity index (χ0) is 19.6. The Hall–Kier alpha value is -2.62. The standard InChI is InChI=1S/C23H28N2O2/c1-15-11-16(2)13-20(12-15)23(27)25-10-6-8-19(14-25)22(26)24-21-9-5-7-17(3)18(21)4/h5,7,9,11-13,19H,6,8,10,14H2,1-4H3,(H,24,26)/t19-/m1/s1. The fourth-order valence-electron chi connectivity index (χ4n) is 3.78. The van der Waals surface area contributed by atoms with Gasteiger partial charge in [-0.25, -0.2) is 0 Å². The van der Waals surface area contributed by atoms with Crippen LogP contribution in [0, 0.1) is 33.6 Å². The molecule has 1 heterocycles. The number of rotatable bonds is 3. The first-order chi connectivity index (χ1) is 12.8. The van der Waals surface area contributed by atoms with Crippen LogP contribution in [0.25, 0.3) is 0 Å². The van der Waals surface area contributed by atoms with Crippen molar-refractivity contribution in [3.05, 3.63) is 64.2 Å². The minimum atomic E-state index is -0.173. The molecule has 1 aliphatic rings. The quantitative estimate of drug-likeness (QED) is 0.877. The van der Waals surface area contributed by atoms with Gasteiger partial charge in [-0.05, 0) is 69.9 Å². The lowest BCUT2D eigenvalue weighted by Gasteiger charge is -2.32. The van der Waals surface area contributed by atoms with Crippen molar-refractivity contribution in [2.45, 2.75) is 40.5 Å². The van der Waals surface area contributed by atoms with Crippen LogP contribution in [0.1, 0.15) is 45.5 Å². The number of nitrogens with one attached hydrogen (secondary N) is 1. The molecule has 0 bridgehead atoms. The molecular weight excluding hydrogens is 336 g/mol. The van der Waals surface area contributed by atoms with E-state index in [4.69, 9.17) is 0 Å². The summed E-state index contributed by atoms with van der Waals surface area (Å²) in [4.78, 5) is 27.5.